The fourth-order valence-electron chi connectivity index (χ4n) is 4.08. The first-order chi connectivity index (χ1) is 16.7. The fourth-order valence-corrected chi connectivity index (χ4v) is 5.50. The molecule has 2 aromatic rings. The molecule has 188 valence electrons. The number of methoxy groups -OCH3 is 1. The molecule has 0 aromatic heterocycles. The second-order valence-electron chi connectivity index (χ2n) is 8.26. The third kappa shape index (κ3) is 5.33. The number of benzene rings is 2. The summed E-state index contributed by atoms with van der Waals surface area (Å²) in [5.41, 5.74) is 0.680. The second kappa shape index (κ2) is 10.1. The van der Waals surface area contributed by atoms with Gasteiger partial charge in [-0.3, -0.25) is 9.69 Å². The molecule has 2 heterocycles. The van der Waals surface area contributed by atoms with Crippen LogP contribution in [0.1, 0.15) is 6.92 Å². The van der Waals surface area contributed by atoms with Crippen LogP contribution in [0.25, 0.3) is 0 Å². The lowest BCUT2D eigenvalue weighted by molar-refractivity contribution is -0.119. The normalized spacial score (nSPS) is 18.9. The molecule has 2 saturated heterocycles. The zero-order valence-electron chi connectivity index (χ0n) is 19.4. The Kier molecular flexibility index (Phi) is 7.13. The molecule has 0 saturated carbocycles. The van der Waals surface area contributed by atoms with Crippen LogP contribution in [0.4, 0.5) is 20.6 Å². The molecule has 0 unspecified atom stereocenters. The Hall–Kier alpha value is -3.38. The molecule has 4 rings (SSSR count). The maximum atomic E-state index is 15.0. The van der Waals surface area contributed by atoms with E-state index in [0.717, 1.165) is 0 Å². The van der Waals surface area contributed by atoms with Crippen LogP contribution in [0, 0.1) is 5.82 Å². The van der Waals surface area contributed by atoms with Crippen molar-refractivity contribution >= 4 is 33.4 Å². The van der Waals surface area contributed by atoms with Gasteiger partial charge in [0.25, 0.3) is 0 Å². The molecule has 2 fully saturated rings. The number of anilines is 2. The van der Waals surface area contributed by atoms with Crippen molar-refractivity contribution in [3.63, 3.8) is 0 Å². The largest absolute Gasteiger partial charge is 0.497 e. The number of rotatable bonds is 7. The van der Waals surface area contributed by atoms with Gasteiger partial charge in [-0.05, 0) is 42.5 Å². The highest BCUT2D eigenvalue weighted by atomic mass is 32.2. The van der Waals surface area contributed by atoms with Crippen molar-refractivity contribution in [2.24, 2.45) is 0 Å². The average Bonchev–Trinajstić information content (AvgIpc) is 3.23. The van der Waals surface area contributed by atoms with Gasteiger partial charge >= 0.3 is 6.09 Å². The summed E-state index contributed by atoms with van der Waals surface area (Å²) in [6.45, 7) is 2.79. The average molecular weight is 507 g/mol. The van der Waals surface area contributed by atoms with Crippen LogP contribution in [-0.4, -0.2) is 77.2 Å². The lowest BCUT2D eigenvalue weighted by Gasteiger charge is -2.35. The van der Waals surface area contributed by atoms with Gasteiger partial charge in [-0.15, -0.1) is 0 Å². The third-order valence-electron chi connectivity index (χ3n) is 5.97. The van der Waals surface area contributed by atoms with Crippen molar-refractivity contribution in [1.82, 2.24) is 9.62 Å². The molecular weight excluding hydrogens is 479 g/mol. The molecule has 0 radical (unpaired) electrons. The summed E-state index contributed by atoms with van der Waals surface area (Å²) in [6, 6.07) is 10.7. The molecule has 0 aliphatic carbocycles. The van der Waals surface area contributed by atoms with E-state index in [9.17, 15) is 18.0 Å². The van der Waals surface area contributed by atoms with Crippen molar-refractivity contribution < 1.29 is 31.9 Å². The van der Waals surface area contributed by atoms with E-state index in [1.807, 2.05) is 0 Å². The Morgan fingerprint density at radius 3 is 2.43 bits per heavy atom. The van der Waals surface area contributed by atoms with E-state index in [0.29, 0.717) is 30.2 Å². The lowest BCUT2D eigenvalue weighted by Crippen LogP contribution is -2.48. The van der Waals surface area contributed by atoms with E-state index in [1.54, 1.807) is 29.2 Å². The van der Waals surface area contributed by atoms with Gasteiger partial charge in [0.15, 0.2) is 0 Å². The number of nitrogens with zero attached hydrogens (tertiary/aromatic N) is 3. The van der Waals surface area contributed by atoms with Crippen LogP contribution in [0.3, 0.4) is 0 Å². The van der Waals surface area contributed by atoms with Crippen LogP contribution in [-0.2, 0) is 19.6 Å². The highest BCUT2D eigenvalue weighted by Crippen LogP contribution is 2.29. The molecule has 2 aromatic carbocycles. The first kappa shape index (κ1) is 24.7. The van der Waals surface area contributed by atoms with Crippen molar-refractivity contribution in [1.29, 1.82) is 0 Å². The zero-order chi connectivity index (χ0) is 25.2. The van der Waals surface area contributed by atoms with Gasteiger partial charge in [-0.2, -0.15) is 4.31 Å². The highest BCUT2D eigenvalue weighted by molar-refractivity contribution is 7.89. The minimum absolute atomic E-state index is 0.177. The number of sulfonamides is 1. The summed E-state index contributed by atoms with van der Waals surface area (Å²) in [5, 5.41) is 2.60. The molecule has 10 nitrogen and oxygen atoms in total. The van der Waals surface area contributed by atoms with Crippen LogP contribution in [0.2, 0.25) is 0 Å². The number of hydrogen-bond acceptors (Lipinski definition) is 7. The molecule has 12 heteroatoms. The first-order valence-electron chi connectivity index (χ1n) is 11.1. The summed E-state index contributed by atoms with van der Waals surface area (Å²) >= 11 is 0. The maximum Gasteiger partial charge on any atom is 0.414 e. The maximum absolute atomic E-state index is 15.0. The van der Waals surface area contributed by atoms with E-state index in [1.165, 1.54) is 41.4 Å². The van der Waals surface area contributed by atoms with Crippen LogP contribution in [0.15, 0.2) is 47.4 Å². The van der Waals surface area contributed by atoms with Gasteiger partial charge in [0.1, 0.15) is 17.7 Å². The Labute approximate surface area is 203 Å². The van der Waals surface area contributed by atoms with Gasteiger partial charge in [0.2, 0.25) is 15.9 Å². The molecule has 1 atom stereocenters. The van der Waals surface area contributed by atoms with E-state index in [2.05, 4.69) is 5.32 Å². The lowest BCUT2D eigenvalue weighted by atomic mass is 10.2. The summed E-state index contributed by atoms with van der Waals surface area (Å²) in [4.78, 5) is 26.6. The van der Waals surface area contributed by atoms with Gasteiger partial charge in [-0.25, -0.2) is 17.6 Å². The Morgan fingerprint density at radius 2 is 1.83 bits per heavy atom. The topological polar surface area (TPSA) is 108 Å². The standard InChI is InChI=1S/C23H27FN4O6S/c1-16(29)25-14-19-15-28(23(30)34-19)17-3-8-22(21(24)13-17)26-9-11-27(12-10-26)35(31,32)20-6-4-18(33-2)5-7-20/h3-8,13,19H,9-12,14-15H2,1-2H3,(H,25,29)/t19-/m0/s1. The molecule has 2 amide bonds. The Morgan fingerprint density at radius 1 is 1.14 bits per heavy atom. The molecule has 2 aliphatic heterocycles. The Bertz CT molecular complexity index is 1200. The van der Waals surface area contributed by atoms with E-state index in [-0.39, 0.29) is 37.0 Å². The minimum Gasteiger partial charge on any atom is -0.497 e. The van der Waals surface area contributed by atoms with Crippen LogP contribution >= 0.6 is 0 Å². The van der Waals surface area contributed by atoms with E-state index >= 15 is 4.39 Å². The van der Waals surface area contributed by atoms with Crippen molar-refractivity contribution in [2.75, 3.05) is 56.2 Å². The summed E-state index contributed by atoms with van der Waals surface area (Å²) in [5.74, 6) is -0.183. The first-order valence-corrected chi connectivity index (χ1v) is 12.5. The van der Waals surface area contributed by atoms with Crippen molar-refractivity contribution in [3.05, 3.63) is 48.3 Å². The van der Waals surface area contributed by atoms with Crippen molar-refractivity contribution in [2.45, 2.75) is 17.9 Å². The van der Waals surface area contributed by atoms with Gasteiger partial charge in [-0.1, -0.05) is 0 Å². The van der Waals surface area contributed by atoms with Gasteiger partial charge in [0, 0.05) is 33.1 Å². The minimum atomic E-state index is -3.67. The summed E-state index contributed by atoms with van der Waals surface area (Å²) < 4.78 is 52.6. The molecule has 2 aliphatic rings. The molecular formula is C23H27FN4O6S. The molecule has 0 bridgehead atoms. The number of piperazine rings is 1. The van der Waals surface area contributed by atoms with E-state index < -0.39 is 28.0 Å². The number of amides is 2. The predicted molar refractivity (Wildman–Crippen MR) is 127 cm³/mol. The van der Waals surface area contributed by atoms with Gasteiger partial charge < -0.3 is 19.7 Å². The summed E-state index contributed by atoms with van der Waals surface area (Å²) in [6.07, 6.45) is -1.13. The number of nitrogens with one attached hydrogen (secondary N) is 1. The second-order valence-corrected chi connectivity index (χ2v) is 10.2. The third-order valence-corrected chi connectivity index (χ3v) is 7.89. The predicted octanol–water partition coefficient (Wildman–Crippen LogP) is 1.81. The number of hydrogen-bond donors (Lipinski definition) is 1. The SMILES string of the molecule is COc1ccc(S(=O)(=O)N2CCN(c3ccc(N4C[C@H](CNC(C)=O)OC4=O)cc3F)CC2)cc1. The highest BCUT2D eigenvalue weighted by Gasteiger charge is 2.33. The number of cyclic esters (lactones) is 1. The number of halogens is 1. The molecule has 0 spiro atoms. The molecule has 1 N–H and O–H groups in total. The zero-order valence-corrected chi connectivity index (χ0v) is 20.3. The van der Waals surface area contributed by atoms with Crippen LogP contribution in [0.5, 0.6) is 5.75 Å². The van der Waals surface area contributed by atoms with Gasteiger partial charge in [0.05, 0.1) is 36.5 Å². The Balaban J connectivity index is 1.39. The molecule has 35 heavy (non-hydrogen) atoms. The summed E-state index contributed by atoms with van der Waals surface area (Å²) in [7, 11) is -2.16. The fraction of sp³-hybridized carbons (Fsp3) is 0.391. The van der Waals surface area contributed by atoms with E-state index in [4.69, 9.17) is 9.47 Å². The smallest absolute Gasteiger partial charge is 0.414 e. The number of ether oxygens (including phenoxy) is 2. The number of carbonyl (C=O) groups excluding carboxylic acids is 2. The quantitative estimate of drug-likeness (QED) is 0.610. The van der Waals surface area contributed by atoms with Crippen molar-refractivity contribution in [3.8, 4) is 5.75 Å². The monoisotopic (exact) mass is 506 g/mol. The number of carbonyl (C=O) groups is 2. The van der Waals surface area contributed by atoms with Crippen LogP contribution < -0.4 is 19.9 Å².